The molecule has 7 nitrogen and oxygen atoms in total. The van der Waals surface area contributed by atoms with Gasteiger partial charge in [-0.2, -0.15) is 0 Å². The number of hydrogen-bond donors (Lipinski definition) is 4. The van der Waals surface area contributed by atoms with Crippen LogP contribution in [0.5, 0.6) is 5.75 Å². The van der Waals surface area contributed by atoms with Gasteiger partial charge in [0.1, 0.15) is 11.9 Å². The monoisotopic (exact) mass is 388 g/mol. The molecule has 0 heterocycles. The summed E-state index contributed by atoms with van der Waals surface area (Å²) in [6, 6.07) is 13.5. The van der Waals surface area contributed by atoms with Gasteiger partial charge in [-0.15, -0.1) is 11.8 Å². The van der Waals surface area contributed by atoms with Crippen LogP contribution in [0, 0.1) is 0 Å². The van der Waals surface area contributed by atoms with Crippen LogP contribution in [0.2, 0.25) is 0 Å². The molecule has 2 aromatic carbocycles. The quantitative estimate of drug-likeness (QED) is 0.248. The maximum absolute atomic E-state index is 12.2. The number of hydroxylamine groups is 1. The molecule has 0 aliphatic carbocycles. The summed E-state index contributed by atoms with van der Waals surface area (Å²) in [5, 5.41) is 20.6. The standard InChI is InChI=1S/C19H20N2O5S/c1-27-16-11-7-14(8-12-16)20-19(24)26-17(3-2-4-18(23)21-25)13-5-9-15(22)10-6-13/h2,4-12,17,22,25H,3H2,1H3,(H,20,24)(H,21,23)/b4-2+/t17-/m0/s1. The zero-order valence-electron chi connectivity index (χ0n) is 14.6. The number of phenols is 1. The van der Waals surface area contributed by atoms with Gasteiger partial charge < -0.3 is 9.84 Å². The van der Waals surface area contributed by atoms with Crippen LogP contribution in [0.1, 0.15) is 18.1 Å². The van der Waals surface area contributed by atoms with Crippen molar-refractivity contribution in [3.8, 4) is 5.75 Å². The average Bonchev–Trinajstić information content (AvgIpc) is 2.68. The van der Waals surface area contributed by atoms with Gasteiger partial charge in [-0.25, -0.2) is 10.3 Å². The molecule has 2 amide bonds. The predicted octanol–water partition coefficient (Wildman–Crippen LogP) is 3.86. The maximum atomic E-state index is 12.2. The van der Waals surface area contributed by atoms with Crippen LogP contribution in [-0.2, 0) is 9.53 Å². The van der Waals surface area contributed by atoms with E-state index in [9.17, 15) is 14.7 Å². The molecule has 4 N–H and O–H groups in total. The van der Waals surface area contributed by atoms with E-state index < -0.39 is 18.1 Å². The number of rotatable bonds is 7. The second kappa shape index (κ2) is 10.2. The summed E-state index contributed by atoms with van der Waals surface area (Å²) in [6.07, 6.45) is 3.45. The highest BCUT2D eigenvalue weighted by atomic mass is 32.2. The van der Waals surface area contributed by atoms with E-state index in [1.807, 2.05) is 18.4 Å². The zero-order valence-corrected chi connectivity index (χ0v) is 15.4. The minimum atomic E-state index is -0.683. The summed E-state index contributed by atoms with van der Waals surface area (Å²) in [5.41, 5.74) is 2.73. The summed E-state index contributed by atoms with van der Waals surface area (Å²) in [4.78, 5) is 24.4. The molecule has 8 heteroatoms. The van der Waals surface area contributed by atoms with Crippen LogP contribution in [0.4, 0.5) is 10.5 Å². The highest BCUT2D eigenvalue weighted by molar-refractivity contribution is 7.98. The van der Waals surface area contributed by atoms with E-state index in [-0.39, 0.29) is 12.2 Å². The molecule has 0 aromatic heterocycles. The Balaban J connectivity index is 2.07. The smallest absolute Gasteiger partial charge is 0.412 e. The minimum absolute atomic E-state index is 0.0889. The molecule has 142 valence electrons. The van der Waals surface area contributed by atoms with Crippen molar-refractivity contribution in [1.82, 2.24) is 5.48 Å². The molecule has 0 saturated heterocycles. The largest absolute Gasteiger partial charge is 0.508 e. The Hall–Kier alpha value is -2.97. The number of carbonyl (C=O) groups excluding carboxylic acids is 2. The third-order valence-electron chi connectivity index (χ3n) is 3.58. The lowest BCUT2D eigenvalue weighted by molar-refractivity contribution is -0.124. The van der Waals surface area contributed by atoms with E-state index >= 15 is 0 Å². The number of amides is 2. The van der Waals surface area contributed by atoms with Crippen LogP contribution < -0.4 is 10.8 Å². The van der Waals surface area contributed by atoms with Gasteiger partial charge in [0.2, 0.25) is 0 Å². The SMILES string of the molecule is CSc1ccc(NC(=O)O[C@@H](C/C=C/C(=O)NO)c2ccc(O)cc2)cc1. The molecule has 0 saturated carbocycles. The number of hydrogen-bond acceptors (Lipinski definition) is 6. The lowest BCUT2D eigenvalue weighted by Gasteiger charge is -2.17. The van der Waals surface area contributed by atoms with Crippen molar-refractivity contribution in [3.05, 3.63) is 66.2 Å². The molecule has 0 bridgehead atoms. The highest BCUT2D eigenvalue weighted by Gasteiger charge is 2.16. The van der Waals surface area contributed by atoms with Crippen molar-refractivity contribution >= 4 is 29.4 Å². The Morgan fingerprint density at radius 3 is 2.41 bits per heavy atom. The van der Waals surface area contributed by atoms with Gasteiger partial charge in [0.15, 0.2) is 0 Å². The summed E-state index contributed by atoms with van der Waals surface area (Å²) in [5.74, 6) is -0.594. The van der Waals surface area contributed by atoms with E-state index in [1.165, 1.54) is 23.7 Å². The lowest BCUT2D eigenvalue weighted by Crippen LogP contribution is -2.18. The minimum Gasteiger partial charge on any atom is -0.508 e. The lowest BCUT2D eigenvalue weighted by atomic mass is 10.1. The summed E-state index contributed by atoms with van der Waals surface area (Å²) >= 11 is 1.60. The number of carbonyl (C=O) groups is 2. The fourth-order valence-corrected chi connectivity index (χ4v) is 2.64. The Morgan fingerprint density at radius 1 is 1.15 bits per heavy atom. The molecule has 2 rings (SSSR count). The molecular weight excluding hydrogens is 368 g/mol. The molecule has 0 spiro atoms. The molecular formula is C19H20N2O5S. The number of aromatic hydroxyl groups is 1. The number of anilines is 1. The second-order valence-electron chi connectivity index (χ2n) is 5.45. The summed E-state index contributed by atoms with van der Waals surface area (Å²) in [6.45, 7) is 0. The molecule has 0 radical (unpaired) electrons. The van der Waals surface area contributed by atoms with E-state index in [1.54, 1.807) is 36.0 Å². The van der Waals surface area contributed by atoms with Gasteiger partial charge in [-0.3, -0.25) is 15.3 Å². The molecule has 27 heavy (non-hydrogen) atoms. The topological polar surface area (TPSA) is 108 Å². The number of benzene rings is 2. The first-order valence-corrected chi connectivity index (χ1v) is 9.25. The zero-order chi connectivity index (χ0) is 19.6. The van der Waals surface area contributed by atoms with Crippen LogP contribution in [0.15, 0.2) is 65.6 Å². The van der Waals surface area contributed by atoms with Crippen molar-refractivity contribution in [2.75, 3.05) is 11.6 Å². The molecule has 1 atom stereocenters. The Kier molecular flexibility index (Phi) is 7.72. The first kappa shape index (κ1) is 20.3. The third kappa shape index (κ3) is 6.69. The van der Waals surface area contributed by atoms with Gasteiger partial charge in [0, 0.05) is 23.1 Å². The molecule has 0 fully saturated rings. The fraction of sp³-hybridized carbons (Fsp3) is 0.158. The van der Waals surface area contributed by atoms with Crippen LogP contribution in [0.3, 0.4) is 0 Å². The Morgan fingerprint density at radius 2 is 1.81 bits per heavy atom. The summed E-state index contributed by atoms with van der Waals surface area (Å²) < 4.78 is 5.47. The van der Waals surface area contributed by atoms with Crippen LogP contribution >= 0.6 is 11.8 Å². The number of phenolic OH excluding ortho intramolecular Hbond substituents is 1. The number of thioether (sulfide) groups is 1. The molecule has 2 aromatic rings. The van der Waals surface area contributed by atoms with E-state index in [0.29, 0.717) is 11.3 Å². The number of nitrogens with one attached hydrogen (secondary N) is 2. The van der Waals surface area contributed by atoms with E-state index in [2.05, 4.69) is 5.32 Å². The fourth-order valence-electron chi connectivity index (χ4n) is 2.23. The normalized spacial score (nSPS) is 11.8. The molecule has 0 aliphatic heterocycles. The molecule has 0 aliphatic rings. The van der Waals surface area contributed by atoms with Gasteiger partial charge >= 0.3 is 6.09 Å². The van der Waals surface area contributed by atoms with Crippen LogP contribution in [-0.4, -0.2) is 28.6 Å². The van der Waals surface area contributed by atoms with Crippen LogP contribution in [0.25, 0.3) is 0 Å². The number of ether oxygens (including phenoxy) is 1. The van der Waals surface area contributed by atoms with Crippen molar-refractivity contribution in [3.63, 3.8) is 0 Å². The highest BCUT2D eigenvalue weighted by Crippen LogP contribution is 2.25. The van der Waals surface area contributed by atoms with Crippen molar-refractivity contribution in [1.29, 1.82) is 0 Å². The Bertz CT molecular complexity index is 791. The average molecular weight is 388 g/mol. The van der Waals surface area contributed by atoms with Crippen molar-refractivity contribution in [2.45, 2.75) is 17.4 Å². The molecule has 0 unspecified atom stereocenters. The predicted molar refractivity (Wildman–Crippen MR) is 103 cm³/mol. The van der Waals surface area contributed by atoms with E-state index in [4.69, 9.17) is 9.94 Å². The van der Waals surface area contributed by atoms with Gasteiger partial charge in [0.05, 0.1) is 0 Å². The van der Waals surface area contributed by atoms with Crippen molar-refractivity contribution in [2.24, 2.45) is 0 Å². The summed E-state index contributed by atoms with van der Waals surface area (Å²) in [7, 11) is 0. The second-order valence-corrected chi connectivity index (χ2v) is 6.33. The van der Waals surface area contributed by atoms with E-state index in [0.717, 1.165) is 11.0 Å². The van der Waals surface area contributed by atoms with Crippen molar-refractivity contribution < 1.29 is 24.6 Å². The first-order valence-electron chi connectivity index (χ1n) is 8.03. The van der Waals surface area contributed by atoms with Gasteiger partial charge in [-0.1, -0.05) is 18.2 Å². The van der Waals surface area contributed by atoms with Gasteiger partial charge in [-0.05, 0) is 48.2 Å². The van der Waals surface area contributed by atoms with Gasteiger partial charge in [0.25, 0.3) is 5.91 Å². The maximum Gasteiger partial charge on any atom is 0.412 e. The first-order chi connectivity index (χ1) is 13.0. The Labute approximate surface area is 161 Å². The third-order valence-corrected chi connectivity index (χ3v) is 4.32.